The minimum absolute atomic E-state index is 0.102. The largest absolute Gasteiger partial charge is 0.481 e. The van der Waals surface area contributed by atoms with Gasteiger partial charge in [0.1, 0.15) is 0 Å². The molecule has 0 unspecified atom stereocenters. The summed E-state index contributed by atoms with van der Waals surface area (Å²) in [6.45, 7) is 0. The molecule has 1 aliphatic rings. The third kappa shape index (κ3) is 4.96. The van der Waals surface area contributed by atoms with E-state index in [1.807, 2.05) is 0 Å². The highest BCUT2D eigenvalue weighted by Crippen LogP contribution is 2.30. The van der Waals surface area contributed by atoms with Crippen LogP contribution in [0.4, 0.5) is 0 Å². The lowest BCUT2D eigenvalue weighted by molar-refractivity contribution is -0.149. The molecule has 0 aliphatic heterocycles. The van der Waals surface area contributed by atoms with E-state index < -0.39 is 23.7 Å². The molecule has 1 aliphatic carbocycles. The maximum absolute atomic E-state index is 12.1. The van der Waals surface area contributed by atoms with Gasteiger partial charge >= 0.3 is 5.97 Å². The molecule has 0 heterocycles. The molecule has 1 fully saturated rings. The van der Waals surface area contributed by atoms with Gasteiger partial charge in [-0.05, 0) is 30.5 Å². The zero-order valence-corrected chi connectivity index (χ0v) is 13.3. The van der Waals surface area contributed by atoms with Crippen LogP contribution in [0.25, 0.3) is 0 Å². The number of hydrazine groups is 1. The summed E-state index contributed by atoms with van der Waals surface area (Å²) in [4.78, 5) is 35.1. The lowest BCUT2D eigenvalue weighted by Gasteiger charge is -2.27. The smallest absolute Gasteiger partial charge is 0.307 e. The van der Waals surface area contributed by atoms with Crippen molar-refractivity contribution in [3.8, 4) is 0 Å². The molecule has 0 spiro atoms. The average Bonchev–Trinajstić information content (AvgIpc) is 2.54. The van der Waals surface area contributed by atoms with Crippen LogP contribution in [0.3, 0.4) is 0 Å². The number of hydrogen-bond donors (Lipinski definition) is 3. The van der Waals surface area contributed by atoms with Gasteiger partial charge in [-0.2, -0.15) is 0 Å². The Bertz CT molecular complexity index is 588. The van der Waals surface area contributed by atoms with Gasteiger partial charge in [-0.1, -0.05) is 36.6 Å². The van der Waals surface area contributed by atoms with Crippen LogP contribution in [0, 0.1) is 11.8 Å². The number of benzene rings is 1. The minimum atomic E-state index is -0.961. The lowest BCUT2D eigenvalue weighted by Crippen LogP contribution is -2.48. The number of rotatable bonds is 4. The first kappa shape index (κ1) is 17.3. The maximum atomic E-state index is 12.1. The second-order valence-electron chi connectivity index (χ2n) is 5.68. The highest BCUT2D eigenvalue weighted by molar-refractivity contribution is 6.30. The van der Waals surface area contributed by atoms with E-state index in [1.165, 1.54) is 0 Å². The number of nitrogens with one attached hydrogen (secondary N) is 2. The van der Waals surface area contributed by atoms with Crippen molar-refractivity contribution in [2.24, 2.45) is 11.8 Å². The summed E-state index contributed by atoms with van der Waals surface area (Å²) in [5.41, 5.74) is 5.44. The third-order valence-electron chi connectivity index (χ3n) is 4.02. The Labute approximate surface area is 139 Å². The van der Waals surface area contributed by atoms with Crippen LogP contribution in [0.5, 0.6) is 0 Å². The van der Waals surface area contributed by atoms with Gasteiger partial charge in [0.15, 0.2) is 0 Å². The van der Waals surface area contributed by atoms with Gasteiger partial charge in [-0.3, -0.25) is 25.2 Å². The standard InChI is InChI=1S/C16H19ClN2O4/c17-11-7-5-10(6-8-11)9-14(20)18-19-15(21)12-3-1-2-4-13(12)16(22)23/h5-8,12-13H,1-4,9H2,(H,18,20)(H,19,21)(H,22,23)/t12-,13-/m0/s1. The maximum Gasteiger partial charge on any atom is 0.307 e. The predicted molar refractivity (Wildman–Crippen MR) is 84.5 cm³/mol. The predicted octanol–water partition coefficient (Wildman–Crippen LogP) is 1.92. The van der Waals surface area contributed by atoms with Crippen molar-refractivity contribution in [2.45, 2.75) is 32.1 Å². The second-order valence-corrected chi connectivity index (χ2v) is 6.11. The Morgan fingerprint density at radius 1 is 1.04 bits per heavy atom. The van der Waals surface area contributed by atoms with Crippen LogP contribution < -0.4 is 10.9 Å². The highest BCUT2D eigenvalue weighted by Gasteiger charge is 2.35. The molecule has 7 heteroatoms. The molecule has 2 atom stereocenters. The van der Waals surface area contributed by atoms with E-state index in [0.717, 1.165) is 18.4 Å². The topological polar surface area (TPSA) is 95.5 Å². The van der Waals surface area contributed by atoms with E-state index in [4.69, 9.17) is 11.6 Å². The molecule has 2 rings (SSSR count). The number of halogens is 1. The second kappa shape index (κ2) is 7.97. The van der Waals surface area contributed by atoms with Gasteiger partial charge in [0, 0.05) is 5.02 Å². The summed E-state index contributed by atoms with van der Waals surface area (Å²) < 4.78 is 0. The first-order valence-corrected chi connectivity index (χ1v) is 7.91. The number of carboxylic acids is 1. The van der Waals surface area contributed by atoms with Gasteiger partial charge in [0.2, 0.25) is 11.8 Å². The minimum Gasteiger partial charge on any atom is -0.481 e. The summed E-state index contributed by atoms with van der Waals surface area (Å²) in [7, 11) is 0. The van der Waals surface area contributed by atoms with Crippen molar-refractivity contribution < 1.29 is 19.5 Å². The van der Waals surface area contributed by atoms with Gasteiger partial charge in [-0.15, -0.1) is 0 Å². The normalized spacial score (nSPS) is 20.6. The molecule has 23 heavy (non-hydrogen) atoms. The Kier molecular flexibility index (Phi) is 5.98. The molecule has 1 aromatic rings. The molecule has 0 aromatic heterocycles. The van der Waals surface area contributed by atoms with Gasteiger partial charge in [0.25, 0.3) is 0 Å². The Morgan fingerprint density at radius 2 is 1.65 bits per heavy atom. The van der Waals surface area contributed by atoms with Crippen LogP contribution in [-0.2, 0) is 20.8 Å². The molecule has 1 saturated carbocycles. The number of amides is 2. The molecule has 0 saturated heterocycles. The fourth-order valence-corrected chi connectivity index (χ4v) is 2.92. The summed E-state index contributed by atoms with van der Waals surface area (Å²) in [6.07, 6.45) is 2.75. The SMILES string of the molecule is O=C(Cc1ccc(Cl)cc1)NNC(=O)[C@H]1CCCC[C@@H]1C(=O)O. The molecule has 124 valence electrons. The number of carboxylic acid groups (broad SMARTS) is 1. The van der Waals surface area contributed by atoms with Crippen molar-refractivity contribution in [1.29, 1.82) is 0 Å². The molecule has 0 radical (unpaired) electrons. The van der Waals surface area contributed by atoms with E-state index in [2.05, 4.69) is 10.9 Å². The van der Waals surface area contributed by atoms with Crippen molar-refractivity contribution in [3.05, 3.63) is 34.9 Å². The van der Waals surface area contributed by atoms with Gasteiger partial charge in [0.05, 0.1) is 18.3 Å². The third-order valence-corrected chi connectivity index (χ3v) is 4.27. The van der Waals surface area contributed by atoms with Crippen LogP contribution in [-0.4, -0.2) is 22.9 Å². The monoisotopic (exact) mass is 338 g/mol. The zero-order chi connectivity index (χ0) is 16.8. The fraction of sp³-hybridized carbons (Fsp3) is 0.438. The van der Waals surface area contributed by atoms with E-state index in [9.17, 15) is 19.5 Å². The Balaban J connectivity index is 1.84. The summed E-state index contributed by atoms with van der Waals surface area (Å²) >= 11 is 5.77. The van der Waals surface area contributed by atoms with Crippen molar-refractivity contribution in [1.82, 2.24) is 10.9 Å². The van der Waals surface area contributed by atoms with Crippen LogP contribution in [0.2, 0.25) is 5.02 Å². The van der Waals surface area contributed by atoms with Crippen molar-refractivity contribution in [2.75, 3.05) is 0 Å². The van der Waals surface area contributed by atoms with E-state index in [0.29, 0.717) is 17.9 Å². The zero-order valence-electron chi connectivity index (χ0n) is 12.5. The van der Waals surface area contributed by atoms with Crippen molar-refractivity contribution in [3.63, 3.8) is 0 Å². The number of carbonyl (C=O) groups excluding carboxylic acids is 2. The molecule has 3 N–H and O–H groups in total. The number of hydrogen-bond acceptors (Lipinski definition) is 3. The molecule has 1 aromatic carbocycles. The quantitative estimate of drug-likeness (QED) is 0.731. The first-order valence-electron chi connectivity index (χ1n) is 7.53. The Hall–Kier alpha value is -2.08. The fourth-order valence-electron chi connectivity index (χ4n) is 2.80. The number of carbonyl (C=O) groups is 3. The van der Waals surface area contributed by atoms with E-state index in [-0.39, 0.29) is 12.3 Å². The summed E-state index contributed by atoms with van der Waals surface area (Å²) in [5, 5.41) is 9.76. The number of aliphatic carboxylic acids is 1. The Morgan fingerprint density at radius 3 is 2.26 bits per heavy atom. The van der Waals surface area contributed by atoms with Gasteiger partial charge in [-0.25, -0.2) is 0 Å². The molecule has 6 nitrogen and oxygen atoms in total. The average molecular weight is 339 g/mol. The van der Waals surface area contributed by atoms with E-state index in [1.54, 1.807) is 24.3 Å². The molecule has 0 bridgehead atoms. The summed E-state index contributed by atoms with van der Waals surface area (Å²) in [5.74, 6) is -3.06. The highest BCUT2D eigenvalue weighted by atomic mass is 35.5. The first-order chi connectivity index (χ1) is 11.0. The van der Waals surface area contributed by atoms with Crippen LogP contribution in [0.15, 0.2) is 24.3 Å². The summed E-state index contributed by atoms with van der Waals surface area (Å²) in [6, 6.07) is 6.82. The lowest BCUT2D eigenvalue weighted by atomic mass is 9.79. The molecular formula is C16H19ClN2O4. The molecular weight excluding hydrogens is 320 g/mol. The van der Waals surface area contributed by atoms with Crippen LogP contribution >= 0.6 is 11.6 Å². The van der Waals surface area contributed by atoms with Crippen LogP contribution in [0.1, 0.15) is 31.2 Å². The van der Waals surface area contributed by atoms with E-state index >= 15 is 0 Å². The van der Waals surface area contributed by atoms with Gasteiger partial charge < -0.3 is 5.11 Å². The van der Waals surface area contributed by atoms with Crippen molar-refractivity contribution >= 4 is 29.4 Å². The molecule has 2 amide bonds.